The number of rotatable bonds is 9. The maximum atomic E-state index is 13.6. The summed E-state index contributed by atoms with van der Waals surface area (Å²) in [7, 11) is -3.94. The highest BCUT2D eigenvalue weighted by Gasteiger charge is 2.28. The van der Waals surface area contributed by atoms with Crippen molar-refractivity contribution < 1.29 is 17.9 Å². The van der Waals surface area contributed by atoms with Crippen LogP contribution in [-0.2, 0) is 32.6 Å². The zero-order chi connectivity index (χ0) is 25.5. The molecule has 0 bridgehead atoms. The van der Waals surface area contributed by atoms with Crippen molar-refractivity contribution >= 4 is 21.6 Å². The van der Waals surface area contributed by atoms with Gasteiger partial charge in [-0.3, -0.25) is 14.0 Å². The Morgan fingerprint density at radius 3 is 2.39 bits per heavy atom. The highest BCUT2D eigenvalue weighted by Crippen LogP contribution is 2.28. The molecular formula is C28H33N3O4S. The Labute approximate surface area is 213 Å². The molecule has 1 fully saturated rings. The lowest BCUT2D eigenvalue weighted by Crippen LogP contribution is -2.41. The van der Waals surface area contributed by atoms with Crippen LogP contribution in [0.3, 0.4) is 0 Å². The van der Waals surface area contributed by atoms with E-state index in [4.69, 9.17) is 4.74 Å². The van der Waals surface area contributed by atoms with Crippen molar-refractivity contribution in [1.82, 2.24) is 10.2 Å². The molecule has 190 valence electrons. The van der Waals surface area contributed by atoms with Gasteiger partial charge in [0, 0.05) is 26.2 Å². The van der Waals surface area contributed by atoms with Crippen molar-refractivity contribution in [3.8, 4) is 0 Å². The maximum Gasteiger partial charge on any atom is 0.264 e. The number of sulfonamides is 1. The van der Waals surface area contributed by atoms with Gasteiger partial charge in [-0.15, -0.1) is 0 Å². The molecule has 1 heterocycles. The lowest BCUT2D eigenvalue weighted by molar-refractivity contribution is -0.119. The predicted octanol–water partition coefficient (Wildman–Crippen LogP) is 3.65. The number of hydrogen-bond acceptors (Lipinski definition) is 5. The Balaban J connectivity index is 1.49. The van der Waals surface area contributed by atoms with Gasteiger partial charge >= 0.3 is 0 Å². The molecule has 1 amide bonds. The summed E-state index contributed by atoms with van der Waals surface area (Å²) in [6.45, 7) is 7.96. The molecule has 36 heavy (non-hydrogen) atoms. The SMILES string of the molecule is Cc1cccc(N(CC(=O)NCc2cccc(CN3CCOCC3)c2)S(=O)(=O)c2ccccc2)c1C. The lowest BCUT2D eigenvalue weighted by atomic mass is 10.1. The Hall–Kier alpha value is -3.20. The van der Waals surface area contributed by atoms with Crippen LogP contribution in [0.2, 0.25) is 0 Å². The molecule has 4 rings (SSSR count). The molecule has 3 aromatic carbocycles. The third kappa shape index (κ3) is 6.32. The first kappa shape index (κ1) is 25.9. The Bertz CT molecular complexity index is 1290. The lowest BCUT2D eigenvalue weighted by Gasteiger charge is -2.27. The van der Waals surface area contributed by atoms with Crippen molar-refractivity contribution in [1.29, 1.82) is 0 Å². The molecule has 0 saturated carbocycles. The fourth-order valence-corrected chi connectivity index (χ4v) is 5.77. The van der Waals surface area contributed by atoms with E-state index >= 15 is 0 Å². The van der Waals surface area contributed by atoms with Gasteiger partial charge in [0.15, 0.2) is 0 Å². The first-order chi connectivity index (χ1) is 17.3. The fraction of sp³-hybridized carbons (Fsp3) is 0.321. The minimum Gasteiger partial charge on any atom is -0.379 e. The molecule has 1 aliphatic heterocycles. The number of carbonyl (C=O) groups excluding carboxylic acids is 1. The van der Waals surface area contributed by atoms with Crippen LogP contribution in [0.25, 0.3) is 0 Å². The molecule has 8 heteroatoms. The molecule has 3 aromatic rings. The Morgan fingerprint density at radius 2 is 1.64 bits per heavy atom. The summed E-state index contributed by atoms with van der Waals surface area (Å²) >= 11 is 0. The number of ether oxygens (including phenoxy) is 1. The van der Waals surface area contributed by atoms with Gasteiger partial charge in [-0.2, -0.15) is 0 Å². The zero-order valence-corrected chi connectivity index (χ0v) is 21.6. The highest BCUT2D eigenvalue weighted by atomic mass is 32.2. The van der Waals surface area contributed by atoms with Gasteiger partial charge in [-0.1, -0.05) is 54.6 Å². The topological polar surface area (TPSA) is 79.0 Å². The number of aryl methyl sites for hydroxylation is 1. The van der Waals surface area contributed by atoms with Gasteiger partial charge in [0.05, 0.1) is 23.8 Å². The van der Waals surface area contributed by atoms with Crippen LogP contribution in [0.1, 0.15) is 22.3 Å². The summed E-state index contributed by atoms with van der Waals surface area (Å²) in [5, 5.41) is 2.91. The van der Waals surface area contributed by atoms with Crippen molar-refractivity contribution in [2.75, 3.05) is 37.2 Å². The first-order valence-electron chi connectivity index (χ1n) is 12.1. The van der Waals surface area contributed by atoms with Gasteiger partial charge in [-0.05, 0) is 54.3 Å². The molecule has 7 nitrogen and oxygen atoms in total. The van der Waals surface area contributed by atoms with E-state index in [-0.39, 0.29) is 17.3 Å². The number of nitrogens with zero attached hydrogens (tertiary/aromatic N) is 2. The second kappa shape index (κ2) is 11.7. The molecule has 0 radical (unpaired) electrons. The van der Waals surface area contributed by atoms with Crippen LogP contribution in [0.15, 0.2) is 77.7 Å². The molecule has 0 atom stereocenters. The summed E-state index contributed by atoms with van der Waals surface area (Å²) in [5.74, 6) is -0.367. The third-order valence-corrected chi connectivity index (χ3v) is 8.23. The smallest absolute Gasteiger partial charge is 0.264 e. The minimum absolute atomic E-state index is 0.148. The molecular weight excluding hydrogens is 474 g/mol. The van der Waals surface area contributed by atoms with E-state index in [1.165, 1.54) is 9.87 Å². The third-order valence-electron chi connectivity index (χ3n) is 6.45. The van der Waals surface area contributed by atoms with Crippen LogP contribution < -0.4 is 9.62 Å². The van der Waals surface area contributed by atoms with Crippen LogP contribution >= 0.6 is 0 Å². The van der Waals surface area contributed by atoms with Gasteiger partial charge in [0.25, 0.3) is 10.0 Å². The maximum absolute atomic E-state index is 13.6. The van der Waals surface area contributed by atoms with E-state index in [2.05, 4.69) is 22.3 Å². The first-order valence-corrected chi connectivity index (χ1v) is 13.6. The van der Waals surface area contributed by atoms with Crippen molar-refractivity contribution in [3.63, 3.8) is 0 Å². The highest BCUT2D eigenvalue weighted by molar-refractivity contribution is 7.92. The van der Waals surface area contributed by atoms with Crippen LogP contribution in [0, 0.1) is 13.8 Å². The molecule has 1 saturated heterocycles. The molecule has 0 unspecified atom stereocenters. The van der Waals surface area contributed by atoms with E-state index in [1.54, 1.807) is 36.4 Å². The number of carbonyl (C=O) groups is 1. The average Bonchev–Trinajstić information content (AvgIpc) is 2.89. The minimum atomic E-state index is -3.94. The van der Waals surface area contributed by atoms with Gasteiger partial charge in [-0.25, -0.2) is 8.42 Å². The van der Waals surface area contributed by atoms with E-state index < -0.39 is 10.0 Å². The van der Waals surface area contributed by atoms with Gasteiger partial charge in [0.2, 0.25) is 5.91 Å². The second-order valence-corrected chi connectivity index (χ2v) is 10.9. The molecule has 0 aromatic heterocycles. The predicted molar refractivity (Wildman–Crippen MR) is 141 cm³/mol. The molecule has 0 spiro atoms. The number of nitrogens with one attached hydrogen (secondary N) is 1. The molecule has 1 aliphatic rings. The van der Waals surface area contributed by atoms with E-state index in [9.17, 15) is 13.2 Å². The fourth-order valence-electron chi connectivity index (χ4n) is 4.27. The zero-order valence-electron chi connectivity index (χ0n) is 20.8. The summed E-state index contributed by atoms with van der Waals surface area (Å²) in [6.07, 6.45) is 0. The Morgan fingerprint density at radius 1 is 0.944 bits per heavy atom. The van der Waals surface area contributed by atoms with E-state index in [0.29, 0.717) is 12.2 Å². The van der Waals surface area contributed by atoms with Gasteiger partial charge in [0.1, 0.15) is 6.54 Å². The van der Waals surface area contributed by atoms with Crippen LogP contribution in [-0.4, -0.2) is 52.1 Å². The van der Waals surface area contributed by atoms with Crippen LogP contribution in [0.4, 0.5) is 5.69 Å². The summed E-state index contributed by atoms with van der Waals surface area (Å²) in [4.78, 5) is 15.5. The monoisotopic (exact) mass is 507 g/mol. The number of hydrogen-bond donors (Lipinski definition) is 1. The van der Waals surface area contributed by atoms with E-state index in [0.717, 1.165) is 49.5 Å². The number of morpholine rings is 1. The number of benzene rings is 3. The average molecular weight is 508 g/mol. The summed E-state index contributed by atoms with van der Waals surface area (Å²) < 4.78 is 33.8. The quantitative estimate of drug-likeness (QED) is 0.478. The summed E-state index contributed by atoms with van der Waals surface area (Å²) in [5.41, 5.74) is 4.42. The normalized spacial score (nSPS) is 14.4. The second-order valence-electron chi connectivity index (χ2n) is 9.03. The number of amides is 1. The van der Waals surface area contributed by atoms with Crippen molar-refractivity contribution in [2.24, 2.45) is 0 Å². The van der Waals surface area contributed by atoms with Crippen LogP contribution in [0.5, 0.6) is 0 Å². The van der Waals surface area contributed by atoms with Crippen molar-refractivity contribution in [2.45, 2.75) is 31.8 Å². The number of anilines is 1. The van der Waals surface area contributed by atoms with Gasteiger partial charge < -0.3 is 10.1 Å². The largest absolute Gasteiger partial charge is 0.379 e. The van der Waals surface area contributed by atoms with Crippen molar-refractivity contribution in [3.05, 3.63) is 95.1 Å². The van der Waals surface area contributed by atoms with E-state index in [1.807, 2.05) is 38.1 Å². The standard InChI is InChI=1S/C28H33N3O4S/c1-22-8-6-13-27(23(22)2)31(36(33,34)26-11-4-3-5-12-26)21-28(32)29-19-24-9-7-10-25(18-24)20-30-14-16-35-17-15-30/h3-13,18H,14-17,19-21H2,1-2H3,(H,29,32). The molecule has 1 N–H and O–H groups in total. The Kier molecular flexibility index (Phi) is 8.40. The summed E-state index contributed by atoms with van der Waals surface area (Å²) in [6, 6.07) is 21.8. The molecule has 0 aliphatic carbocycles.